The Morgan fingerprint density at radius 3 is 2.94 bits per heavy atom. The summed E-state index contributed by atoms with van der Waals surface area (Å²) < 4.78 is 5.27. The Labute approximate surface area is 103 Å². The zero-order chi connectivity index (χ0) is 11.5. The van der Waals surface area contributed by atoms with Crippen molar-refractivity contribution in [2.45, 2.75) is 6.42 Å². The van der Waals surface area contributed by atoms with Gasteiger partial charge in [-0.25, -0.2) is 4.98 Å². The Morgan fingerprint density at radius 2 is 2.31 bits per heavy atom. The summed E-state index contributed by atoms with van der Waals surface area (Å²) in [5.41, 5.74) is 7.53. The highest BCUT2D eigenvalue weighted by Gasteiger charge is 2.07. The van der Waals surface area contributed by atoms with E-state index in [0.717, 1.165) is 17.0 Å². The summed E-state index contributed by atoms with van der Waals surface area (Å²) in [6.45, 7) is 0. The molecule has 2 N–H and O–H groups in total. The van der Waals surface area contributed by atoms with Gasteiger partial charge in [0.2, 0.25) is 0 Å². The molecule has 1 aromatic heterocycles. The van der Waals surface area contributed by atoms with Crippen LogP contribution in [0, 0.1) is 0 Å². The predicted molar refractivity (Wildman–Crippen MR) is 67.3 cm³/mol. The van der Waals surface area contributed by atoms with Gasteiger partial charge in [-0.2, -0.15) is 0 Å². The van der Waals surface area contributed by atoms with Crippen LogP contribution in [0.2, 0.25) is 5.02 Å². The number of aromatic nitrogens is 1. The molecule has 1 heterocycles. The van der Waals surface area contributed by atoms with E-state index in [9.17, 15) is 0 Å². The minimum Gasteiger partial charge on any atom is -0.496 e. The average molecular weight is 255 g/mol. The molecule has 0 fully saturated rings. The third kappa shape index (κ3) is 2.46. The molecular weight excluding hydrogens is 244 g/mol. The van der Waals surface area contributed by atoms with Crippen molar-refractivity contribution in [1.82, 2.24) is 4.98 Å². The van der Waals surface area contributed by atoms with Crippen molar-refractivity contribution in [2.75, 3.05) is 12.8 Å². The van der Waals surface area contributed by atoms with Gasteiger partial charge in [0, 0.05) is 22.4 Å². The van der Waals surface area contributed by atoms with E-state index in [-0.39, 0.29) is 0 Å². The first-order valence-electron chi connectivity index (χ1n) is 4.71. The number of anilines is 1. The molecule has 0 atom stereocenters. The van der Waals surface area contributed by atoms with Crippen LogP contribution in [0.1, 0.15) is 11.3 Å². The van der Waals surface area contributed by atoms with Crippen molar-refractivity contribution < 1.29 is 4.74 Å². The lowest BCUT2D eigenvalue weighted by Gasteiger charge is -2.07. The standard InChI is InChI=1S/C11H11ClN2OS/c1-15-10-3-2-8(12)4-7(10)5-9-6-16-11(13)14-9/h2-4,6H,5H2,1H3,(H2,13,14). The summed E-state index contributed by atoms with van der Waals surface area (Å²) >= 11 is 7.38. The van der Waals surface area contributed by atoms with Crippen molar-refractivity contribution in [3.8, 4) is 5.75 Å². The van der Waals surface area contributed by atoms with Gasteiger partial charge in [0.1, 0.15) is 5.75 Å². The number of nitrogens with two attached hydrogens (primary N) is 1. The molecule has 0 aliphatic heterocycles. The van der Waals surface area contributed by atoms with E-state index in [1.807, 2.05) is 17.5 Å². The van der Waals surface area contributed by atoms with Gasteiger partial charge in [-0.1, -0.05) is 11.6 Å². The first-order chi connectivity index (χ1) is 7.69. The number of methoxy groups -OCH3 is 1. The lowest BCUT2D eigenvalue weighted by atomic mass is 10.1. The Hall–Kier alpha value is -1.26. The fraction of sp³-hybridized carbons (Fsp3) is 0.182. The number of hydrogen-bond acceptors (Lipinski definition) is 4. The monoisotopic (exact) mass is 254 g/mol. The van der Waals surface area contributed by atoms with Crippen molar-refractivity contribution >= 4 is 28.1 Å². The number of benzene rings is 1. The first-order valence-corrected chi connectivity index (χ1v) is 5.97. The molecule has 2 aromatic rings. The maximum absolute atomic E-state index is 5.95. The largest absolute Gasteiger partial charge is 0.496 e. The summed E-state index contributed by atoms with van der Waals surface area (Å²) in [6, 6.07) is 5.54. The van der Waals surface area contributed by atoms with E-state index in [4.69, 9.17) is 22.1 Å². The molecule has 0 bridgehead atoms. The number of hydrogen-bond donors (Lipinski definition) is 1. The van der Waals surface area contributed by atoms with Crippen LogP contribution >= 0.6 is 22.9 Å². The average Bonchev–Trinajstić information content (AvgIpc) is 2.64. The predicted octanol–water partition coefficient (Wildman–Crippen LogP) is 2.98. The van der Waals surface area contributed by atoms with E-state index in [1.54, 1.807) is 13.2 Å². The number of rotatable bonds is 3. The van der Waals surface area contributed by atoms with Gasteiger partial charge in [0.05, 0.1) is 12.8 Å². The van der Waals surface area contributed by atoms with Crippen LogP contribution in [-0.4, -0.2) is 12.1 Å². The Bertz CT molecular complexity index is 498. The highest BCUT2D eigenvalue weighted by atomic mass is 35.5. The van der Waals surface area contributed by atoms with Crippen molar-refractivity contribution in [1.29, 1.82) is 0 Å². The topological polar surface area (TPSA) is 48.1 Å². The van der Waals surface area contributed by atoms with Gasteiger partial charge < -0.3 is 10.5 Å². The summed E-state index contributed by atoms with van der Waals surface area (Å²) in [6.07, 6.45) is 0.678. The zero-order valence-corrected chi connectivity index (χ0v) is 10.3. The Balaban J connectivity index is 2.29. The highest BCUT2D eigenvalue weighted by Crippen LogP contribution is 2.25. The van der Waals surface area contributed by atoms with Gasteiger partial charge in [-0.3, -0.25) is 0 Å². The van der Waals surface area contributed by atoms with Gasteiger partial charge in [0.25, 0.3) is 0 Å². The molecule has 0 amide bonds. The Kier molecular flexibility index (Phi) is 3.31. The van der Waals surface area contributed by atoms with Crippen LogP contribution in [0.15, 0.2) is 23.6 Å². The molecule has 3 nitrogen and oxygen atoms in total. The van der Waals surface area contributed by atoms with Gasteiger partial charge in [-0.15, -0.1) is 11.3 Å². The molecule has 1 aromatic carbocycles. The second-order valence-corrected chi connectivity index (χ2v) is 4.64. The lowest BCUT2D eigenvalue weighted by Crippen LogP contribution is -1.94. The van der Waals surface area contributed by atoms with Crippen molar-refractivity contribution in [3.05, 3.63) is 39.9 Å². The number of ether oxygens (including phenoxy) is 1. The molecule has 0 saturated carbocycles. The maximum Gasteiger partial charge on any atom is 0.180 e. The van der Waals surface area contributed by atoms with E-state index < -0.39 is 0 Å². The van der Waals surface area contributed by atoms with Crippen LogP contribution in [0.25, 0.3) is 0 Å². The molecule has 0 unspecified atom stereocenters. The molecule has 0 saturated heterocycles. The second-order valence-electron chi connectivity index (χ2n) is 3.31. The maximum atomic E-state index is 5.95. The highest BCUT2D eigenvalue weighted by molar-refractivity contribution is 7.13. The van der Waals surface area contributed by atoms with Crippen LogP contribution < -0.4 is 10.5 Å². The minimum absolute atomic E-state index is 0.580. The molecule has 0 radical (unpaired) electrons. The van der Waals surface area contributed by atoms with Crippen molar-refractivity contribution in [2.24, 2.45) is 0 Å². The third-order valence-electron chi connectivity index (χ3n) is 2.18. The number of halogens is 1. The Morgan fingerprint density at radius 1 is 1.50 bits per heavy atom. The van der Waals surface area contributed by atoms with Crippen LogP contribution in [0.4, 0.5) is 5.13 Å². The van der Waals surface area contributed by atoms with E-state index >= 15 is 0 Å². The third-order valence-corrected chi connectivity index (χ3v) is 3.14. The molecule has 0 aliphatic carbocycles. The summed E-state index contributed by atoms with van der Waals surface area (Å²) in [4.78, 5) is 4.21. The van der Waals surface area contributed by atoms with Crippen LogP contribution in [0.5, 0.6) is 5.75 Å². The van der Waals surface area contributed by atoms with Crippen LogP contribution in [0.3, 0.4) is 0 Å². The molecule has 0 aliphatic rings. The normalized spacial score (nSPS) is 10.4. The van der Waals surface area contributed by atoms with Crippen molar-refractivity contribution in [3.63, 3.8) is 0 Å². The van der Waals surface area contributed by atoms with E-state index in [2.05, 4.69) is 4.98 Å². The number of nitrogens with zero attached hydrogens (tertiary/aromatic N) is 1. The smallest absolute Gasteiger partial charge is 0.180 e. The first kappa shape index (κ1) is 11.2. The SMILES string of the molecule is COc1ccc(Cl)cc1Cc1csc(N)n1. The quantitative estimate of drug-likeness (QED) is 0.916. The fourth-order valence-electron chi connectivity index (χ4n) is 1.48. The number of nitrogen functional groups attached to an aromatic ring is 1. The fourth-order valence-corrected chi connectivity index (χ4v) is 2.24. The molecule has 84 valence electrons. The molecule has 16 heavy (non-hydrogen) atoms. The number of thiazole rings is 1. The summed E-state index contributed by atoms with van der Waals surface area (Å²) in [7, 11) is 1.64. The molecule has 0 spiro atoms. The lowest BCUT2D eigenvalue weighted by molar-refractivity contribution is 0.410. The summed E-state index contributed by atoms with van der Waals surface area (Å²) in [5, 5.41) is 3.21. The minimum atomic E-state index is 0.580. The van der Waals surface area contributed by atoms with Crippen LogP contribution in [-0.2, 0) is 6.42 Å². The second kappa shape index (κ2) is 4.72. The molecular formula is C11H11ClN2OS. The van der Waals surface area contributed by atoms with E-state index in [1.165, 1.54) is 11.3 Å². The van der Waals surface area contributed by atoms with E-state index in [0.29, 0.717) is 16.6 Å². The molecule has 5 heteroatoms. The van der Waals surface area contributed by atoms with Gasteiger partial charge in [0.15, 0.2) is 5.13 Å². The zero-order valence-electron chi connectivity index (χ0n) is 8.74. The molecule has 2 rings (SSSR count). The summed E-state index contributed by atoms with van der Waals surface area (Å²) in [5.74, 6) is 0.816. The van der Waals surface area contributed by atoms with Gasteiger partial charge >= 0.3 is 0 Å². The van der Waals surface area contributed by atoms with Gasteiger partial charge in [-0.05, 0) is 18.2 Å².